The third-order valence-electron chi connectivity index (χ3n) is 5.79. The van der Waals surface area contributed by atoms with Gasteiger partial charge in [0.15, 0.2) is 0 Å². The highest BCUT2D eigenvalue weighted by atomic mass is 15.0. The van der Waals surface area contributed by atoms with Crippen molar-refractivity contribution in [1.29, 1.82) is 0 Å². The maximum absolute atomic E-state index is 3.99. The largest absolute Gasteiger partial charge is 0.303 e. The Hall–Kier alpha value is -2.38. The van der Waals surface area contributed by atoms with E-state index in [1.807, 2.05) is 0 Å². The summed E-state index contributed by atoms with van der Waals surface area (Å²) in [5.74, 6) is 0.656. The molecule has 2 aliphatic carbocycles. The molecule has 1 saturated carbocycles. The molecule has 0 spiro atoms. The van der Waals surface area contributed by atoms with Gasteiger partial charge in [-0.2, -0.15) is 0 Å². The number of nitrogens with one attached hydrogen (secondary N) is 1. The van der Waals surface area contributed by atoms with E-state index in [0.717, 1.165) is 12.8 Å². The van der Waals surface area contributed by atoms with Crippen LogP contribution in [0.2, 0.25) is 0 Å². The summed E-state index contributed by atoms with van der Waals surface area (Å²) in [6.45, 7) is 0. The van der Waals surface area contributed by atoms with Gasteiger partial charge in [0, 0.05) is 12.0 Å². The van der Waals surface area contributed by atoms with Gasteiger partial charge in [0.25, 0.3) is 0 Å². The molecule has 2 aliphatic rings. The van der Waals surface area contributed by atoms with Crippen molar-refractivity contribution in [1.82, 2.24) is 5.32 Å². The smallest absolute Gasteiger partial charge is 0.0584 e. The molecule has 3 aromatic carbocycles. The summed E-state index contributed by atoms with van der Waals surface area (Å²) in [6, 6.07) is 29.8. The Morgan fingerprint density at radius 2 is 1.20 bits per heavy atom. The van der Waals surface area contributed by atoms with Gasteiger partial charge in [-0.3, -0.25) is 0 Å². The molecule has 0 aliphatic heterocycles. The van der Waals surface area contributed by atoms with Crippen LogP contribution in [0.4, 0.5) is 0 Å². The SMILES string of the molecule is c1ccc(C2CC2NC2c3ccccc3CCc3ccccc32)cc1. The molecular formula is C24H23N. The molecule has 124 valence electrons. The normalized spacial score (nSPS) is 21.9. The van der Waals surface area contributed by atoms with Gasteiger partial charge in [0.05, 0.1) is 6.04 Å². The van der Waals surface area contributed by atoms with Crippen LogP contribution in [0.1, 0.15) is 46.2 Å². The quantitative estimate of drug-likeness (QED) is 0.713. The average molecular weight is 325 g/mol. The summed E-state index contributed by atoms with van der Waals surface area (Å²) in [6.07, 6.45) is 3.52. The fourth-order valence-electron chi connectivity index (χ4n) is 4.37. The van der Waals surface area contributed by atoms with E-state index in [2.05, 4.69) is 84.2 Å². The zero-order chi connectivity index (χ0) is 16.6. The van der Waals surface area contributed by atoms with E-state index in [1.165, 1.54) is 34.2 Å². The molecule has 3 aromatic rings. The van der Waals surface area contributed by atoms with Crippen molar-refractivity contribution in [3.63, 3.8) is 0 Å². The van der Waals surface area contributed by atoms with E-state index in [-0.39, 0.29) is 0 Å². The van der Waals surface area contributed by atoms with Gasteiger partial charge in [-0.1, -0.05) is 78.9 Å². The van der Waals surface area contributed by atoms with E-state index in [4.69, 9.17) is 0 Å². The Kier molecular flexibility index (Phi) is 3.68. The molecule has 0 bridgehead atoms. The van der Waals surface area contributed by atoms with Gasteiger partial charge in [0.2, 0.25) is 0 Å². The van der Waals surface area contributed by atoms with Gasteiger partial charge in [-0.25, -0.2) is 0 Å². The Morgan fingerprint density at radius 3 is 1.84 bits per heavy atom. The summed E-state index contributed by atoms with van der Waals surface area (Å²) in [5, 5.41) is 3.99. The molecule has 0 aromatic heterocycles. The first kappa shape index (κ1) is 14.9. The van der Waals surface area contributed by atoms with Crippen LogP contribution in [0.5, 0.6) is 0 Å². The summed E-state index contributed by atoms with van der Waals surface area (Å²) in [5.41, 5.74) is 7.38. The van der Waals surface area contributed by atoms with Gasteiger partial charge >= 0.3 is 0 Å². The molecule has 0 saturated heterocycles. The van der Waals surface area contributed by atoms with Crippen molar-refractivity contribution in [2.24, 2.45) is 0 Å². The average Bonchev–Trinajstić information content (AvgIpc) is 3.47. The zero-order valence-electron chi connectivity index (χ0n) is 14.4. The molecule has 25 heavy (non-hydrogen) atoms. The minimum atomic E-state index is 0.314. The summed E-state index contributed by atoms with van der Waals surface area (Å²) in [4.78, 5) is 0. The molecule has 1 fully saturated rings. The van der Waals surface area contributed by atoms with E-state index >= 15 is 0 Å². The van der Waals surface area contributed by atoms with Crippen LogP contribution in [0, 0.1) is 0 Å². The van der Waals surface area contributed by atoms with E-state index < -0.39 is 0 Å². The fraction of sp³-hybridized carbons (Fsp3) is 0.250. The minimum absolute atomic E-state index is 0.314. The van der Waals surface area contributed by atoms with E-state index in [0.29, 0.717) is 18.0 Å². The van der Waals surface area contributed by atoms with E-state index in [1.54, 1.807) is 0 Å². The Labute approximate surface area is 149 Å². The summed E-state index contributed by atoms with van der Waals surface area (Å²) >= 11 is 0. The Bertz CT molecular complexity index is 836. The maximum Gasteiger partial charge on any atom is 0.0584 e. The molecule has 1 heteroatoms. The van der Waals surface area contributed by atoms with Crippen molar-refractivity contribution in [2.45, 2.75) is 37.3 Å². The number of hydrogen-bond acceptors (Lipinski definition) is 1. The molecular weight excluding hydrogens is 302 g/mol. The second-order valence-corrected chi connectivity index (χ2v) is 7.36. The number of rotatable bonds is 3. The van der Waals surface area contributed by atoms with Crippen molar-refractivity contribution >= 4 is 0 Å². The highest BCUT2D eigenvalue weighted by Crippen LogP contribution is 2.44. The van der Waals surface area contributed by atoms with Crippen molar-refractivity contribution in [3.05, 3.63) is 107 Å². The number of benzene rings is 3. The molecule has 5 rings (SSSR count). The highest BCUT2D eigenvalue weighted by molar-refractivity contribution is 5.45. The molecule has 1 nitrogen and oxygen atoms in total. The molecule has 2 atom stereocenters. The second kappa shape index (κ2) is 6.16. The van der Waals surface area contributed by atoms with Crippen LogP contribution in [0.3, 0.4) is 0 Å². The predicted molar refractivity (Wildman–Crippen MR) is 103 cm³/mol. The Balaban J connectivity index is 1.48. The lowest BCUT2D eigenvalue weighted by atomic mass is 9.94. The van der Waals surface area contributed by atoms with Gasteiger partial charge in [-0.05, 0) is 47.1 Å². The minimum Gasteiger partial charge on any atom is -0.303 e. The van der Waals surface area contributed by atoms with Crippen molar-refractivity contribution < 1.29 is 0 Å². The summed E-state index contributed by atoms with van der Waals surface area (Å²) < 4.78 is 0. The third-order valence-corrected chi connectivity index (χ3v) is 5.79. The summed E-state index contributed by atoms with van der Waals surface area (Å²) in [7, 11) is 0. The van der Waals surface area contributed by atoms with Crippen molar-refractivity contribution in [2.75, 3.05) is 0 Å². The Morgan fingerprint density at radius 1 is 0.640 bits per heavy atom. The van der Waals surface area contributed by atoms with Crippen LogP contribution >= 0.6 is 0 Å². The predicted octanol–water partition coefficient (Wildman–Crippen LogP) is 5.02. The topological polar surface area (TPSA) is 12.0 Å². The van der Waals surface area contributed by atoms with Gasteiger partial charge in [-0.15, -0.1) is 0 Å². The number of fused-ring (bicyclic) bond motifs is 2. The number of hydrogen-bond donors (Lipinski definition) is 1. The molecule has 0 heterocycles. The highest BCUT2D eigenvalue weighted by Gasteiger charge is 2.40. The standard InChI is InChI=1S/C24H23N/c1-2-8-17(9-3-1)22-16-23(22)25-24-20-12-6-4-10-18(20)14-15-19-11-5-7-13-21(19)24/h1-13,22-25H,14-16H2. The van der Waals surface area contributed by atoms with E-state index in [9.17, 15) is 0 Å². The third kappa shape index (κ3) is 2.79. The van der Waals surface area contributed by atoms with Crippen LogP contribution in [0.15, 0.2) is 78.9 Å². The number of aryl methyl sites for hydroxylation is 2. The van der Waals surface area contributed by atoms with Crippen LogP contribution in [-0.4, -0.2) is 6.04 Å². The maximum atomic E-state index is 3.99. The fourth-order valence-corrected chi connectivity index (χ4v) is 4.37. The lowest BCUT2D eigenvalue weighted by Gasteiger charge is -2.22. The first-order valence-electron chi connectivity index (χ1n) is 9.37. The van der Waals surface area contributed by atoms with Crippen LogP contribution < -0.4 is 5.32 Å². The second-order valence-electron chi connectivity index (χ2n) is 7.36. The van der Waals surface area contributed by atoms with Crippen LogP contribution in [-0.2, 0) is 12.8 Å². The molecule has 1 N–H and O–H groups in total. The molecule has 2 unspecified atom stereocenters. The lowest BCUT2D eigenvalue weighted by Crippen LogP contribution is -2.26. The zero-order valence-corrected chi connectivity index (χ0v) is 14.4. The van der Waals surface area contributed by atoms with Crippen molar-refractivity contribution in [3.8, 4) is 0 Å². The first-order chi connectivity index (χ1) is 12.4. The van der Waals surface area contributed by atoms with Crippen LogP contribution in [0.25, 0.3) is 0 Å². The monoisotopic (exact) mass is 325 g/mol. The molecule has 0 radical (unpaired) electrons. The van der Waals surface area contributed by atoms with Gasteiger partial charge < -0.3 is 5.32 Å². The lowest BCUT2D eigenvalue weighted by molar-refractivity contribution is 0.589. The first-order valence-corrected chi connectivity index (χ1v) is 9.37. The molecule has 0 amide bonds. The van der Waals surface area contributed by atoms with Gasteiger partial charge in [0.1, 0.15) is 0 Å².